The Kier molecular flexibility index (Phi) is 6.98. The highest BCUT2D eigenvalue weighted by Gasteiger charge is 2.25. The van der Waals surface area contributed by atoms with E-state index < -0.39 is 0 Å². The lowest BCUT2D eigenvalue weighted by Crippen LogP contribution is -2.39. The van der Waals surface area contributed by atoms with E-state index in [0.717, 1.165) is 11.1 Å². The van der Waals surface area contributed by atoms with Gasteiger partial charge in [0, 0.05) is 39.0 Å². The van der Waals surface area contributed by atoms with E-state index in [9.17, 15) is 14.4 Å². The predicted octanol–water partition coefficient (Wildman–Crippen LogP) is 4.15. The number of carbonyl (C=O) groups excluding carboxylic acids is 3. The number of aromatic nitrogens is 2. The topological polar surface area (TPSA) is 87.2 Å². The summed E-state index contributed by atoms with van der Waals surface area (Å²) in [6.45, 7) is 7.73. The van der Waals surface area contributed by atoms with Gasteiger partial charge in [-0.2, -0.15) is 0 Å². The molecule has 168 valence electrons. The number of nitrogens with zero attached hydrogens (tertiary/aromatic N) is 2. The Labute approximate surface area is 188 Å². The summed E-state index contributed by atoms with van der Waals surface area (Å²) in [5, 5.41) is 2.99. The Morgan fingerprint density at radius 2 is 1.69 bits per heavy atom. The zero-order valence-corrected chi connectivity index (χ0v) is 19.2. The van der Waals surface area contributed by atoms with Crippen LogP contribution in [0.15, 0.2) is 54.9 Å². The van der Waals surface area contributed by atoms with Gasteiger partial charge in [-0.05, 0) is 44.0 Å². The minimum Gasteiger partial charge on any atom is -0.351 e. The van der Waals surface area contributed by atoms with Crippen molar-refractivity contribution in [3.8, 4) is 0 Å². The Balaban J connectivity index is 1.81. The number of amides is 2. The maximum atomic E-state index is 13.1. The molecule has 0 bridgehead atoms. The number of aromatic amines is 1. The van der Waals surface area contributed by atoms with Gasteiger partial charge in [-0.15, -0.1) is 0 Å². The largest absolute Gasteiger partial charge is 0.351 e. The highest BCUT2D eigenvalue weighted by Crippen LogP contribution is 2.22. The van der Waals surface area contributed by atoms with Gasteiger partial charge < -0.3 is 19.8 Å². The van der Waals surface area contributed by atoms with Crippen LogP contribution in [0.3, 0.4) is 0 Å². The number of ketones is 1. The maximum Gasteiger partial charge on any atom is 0.270 e. The molecule has 0 spiro atoms. The van der Waals surface area contributed by atoms with Crippen molar-refractivity contribution < 1.29 is 14.4 Å². The highest BCUT2D eigenvalue weighted by molar-refractivity contribution is 5.97. The fourth-order valence-corrected chi connectivity index (χ4v) is 3.61. The van der Waals surface area contributed by atoms with Gasteiger partial charge in [-0.1, -0.05) is 30.3 Å². The number of Topliss-reactive ketones (excluding diaryl/α,β-unsaturated/α-hetero) is 1. The van der Waals surface area contributed by atoms with Crippen LogP contribution >= 0.6 is 0 Å². The van der Waals surface area contributed by atoms with Crippen LogP contribution in [-0.2, 0) is 0 Å². The minimum atomic E-state index is -0.385. The Morgan fingerprint density at radius 3 is 2.25 bits per heavy atom. The summed E-state index contributed by atoms with van der Waals surface area (Å²) in [6.07, 6.45) is 3.81. The average Bonchev–Trinajstić information content (AvgIpc) is 3.41. The molecule has 7 nitrogen and oxygen atoms in total. The van der Waals surface area contributed by atoms with Gasteiger partial charge in [0.05, 0.1) is 17.3 Å². The van der Waals surface area contributed by atoms with Gasteiger partial charge in [0.2, 0.25) is 0 Å². The number of rotatable bonds is 8. The molecule has 0 saturated heterocycles. The van der Waals surface area contributed by atoms with E-state index in [2.05, 4.69) is 24.1 Å². The second-order valence-electron chi connectivity index (χ2n) is 8.29. The highest BCUT2D eigenvalue weighted by atomic mass is 16.2. The molecule has 2 aromatic heterocycles. The maximum absolute atomic E-state index is 13.1. The van der Waals surface area contributed by atoms with Crippen LogP contribution in [-0.4, -0.2) is 45.6 Å². The molecule has 2 amide bonds. The number of nitrogens with one attached hydrogen (secondary N) is 2. The van der Waals surface area contributed by atoms with Crippen LogP contribution in [0.2, 0.25) is 0 Å². The van der Waals surface area contributed by atoms with Crippen LogP contribution in [0.5, 0.6) is 0 Å². The third-order valence-corrected chi connectivity index (χ3v) is 5.61. The smallest absolute Gasteiger partial charge is 0.270 e. The quantitative estimate of drug-likeness (QED) is 0.522. The number of H-pyrrole nitrogens is 1. The Bertz CT molecular complexity index is 1110. The van der Waals surface area contributed by atoms with Crippen molar-refractivity contribution in [2.75, 3.05) is 13.6 Å². The van der Waals surface area contributed by atoms with Crippen LogP contribution in [0.25, 0.3) is 0 Å². The van der Waals surface area contributed by atoms with E-state index in [-0.39, 0.29) is 36.2 Å². The summed E-state index contributed by atoms with van der Waals surface area (Å²) in [5.74, 6) is -0.576. The van der Waals surface area contributed by atoms with Gasteiger partial charge in [0.25, 0.3) is 11.8 Å². The van der Waals surface area contributed by atoms with Gasteiger partial charge >= 0.3 is 0 Å². The fourth-order valence-electron chi connectivity index (χ4n) is 3.61. The first-order valence-electron chi connectivity index (χ1n) is 10.7. The van der Waals surface area contributed by atoms with Gasteiger partial charge in [-0.3, -0.25) is 14.4 Å². The number of carbonyl (C=O) groups is 3. The third-order valence-electron chi connectivity index (χ3n) is 5.61. The minimum absolute atomic E-state index is 0.137. The average molecular weight is 435 g/mol. The van der Waals surface area contributed by atoms with Crippen LogP contribution in [0, 0.1) is 6.92 Å². The van der Waals surface area contributed by atoms with Crippen molar-refractivity contribution in [1.82, 2.24) is 19.8 Å². The summed E-state index contributed by atoms with van der Waals surface area (Å²) in [4.78, 5) is 42.1. The van der Waals surface area contributed by atoms with E-state index in [1.165, 1.54) is 6.92 Å². The molecule has 7 heteroatoms. The fraction of sp³-hybridized carbons (Fsp3) is 0.320. The lowest BCUT2D eigenvalue weighted by Gasteiger charge is -2.28. The summed E-state index contributed by atoms with van der Waals surface area (Å²) in [5.41, 5.74) is 3.14. The zero-order chi connectivity index (χ0) is 23.4. The molecule has 3 rings (SSSR count). The number of hydrogen-bond acceptors (Lipinski definition) is 3. The molecule has 1 aromatic carbocycles. The molecular formula is C25H30N4O3. The summed E-state index contributed by atoms with van der Waals surface area (Å²) in [7, 11) is 1.70. The van der Waals surface area contributed by atoms with Crippen molar-refractivity contribution in [3.05, 3.63) is 82.9 Å². The number of aryl methyl sites for hydroxylation is 1. The Morgan fingerprint density at radius 1 is 1.03 bits per heavy atom. The van der Waals surface area contributed by atoms with Crippen LogP contribution in [0.4, 0.5) is 0 Å². The number of hydrogen-bond donors (Lipinski definition) is 2. The van der Waals surface area contributed by atoms with Gasteiger partial charge in [0.15, 0.2) is 5.78 Å². The monoisotopic (exact) mass is 434 g/mol. The molecule has 0 radical (unpaired) electrons. The molecular weight excluding hydrogens is 404 g/mol. The molecule has 0 aliphatic heterocycles. The zero-order valence-electron chi connectivity index (χ0n) is 19.2. The molecule has 1 unspecified atom stereocenters. The third kappa shape index (κ3) is 4.99. The second kappa shape index (κ2) is 9.68. The number of likely N-dealkylation sites (N-methyl/N-ethyl adjacent to an activating group) is 1. The molecule has 0 aliphatic rings. The van der Waals surface area contributed by atoms with Crippen molar-refractivity contribution in [1.29, 1.82) is 0 Å². The Hall–Kier alpha value is -3.61. The summed E-state index contributed by atoms with van der Waals surface area (Å²) in [6, 6.07) is 12.6. The van der Waals surface area contributed by atoms with E-state index >= 15 is 0 Å². The molecule has 2 heterocycles. The molecule has 1 atom stereocenters. The predicted molar refractivity (Wildman–Crippen MR) is 124 cm³/mol. The standard InChI is InChI=1S/C25H30N4O3/c1-16(2)29-14-17(3)20(15-29)24(31)26-13-23(19-9-7-6-8-10-19)28(5)25(32)22-12-11-21(27-22)18(4)30/h6-12,14-16,23,27H,13H2,1-5H3,(H,26,31). The molecule has 0 fully saturated rings. The molecule has 3 aromatic rings. The van der Waals surface area contributed by atoms with Gasteiger partial charge in [-0.25, -0.2) is 0 Å². The van der Waals surface area contributed by atoms with E-state index in [1.54, 1.807) is 24.1 Å². The van der Waals surface area contributed by atoms with E-state index in [4.69, 9.17) is 0 Å². The first-order chi connectivity index (χ1) is 15.2. The van der Waals surface area contributed by atoms with Crippen molar-refractivity contribution in [2.24, 2.45) is 0 Å². The molecule has 2 N–H and O–H groups in total. The second-order valence-corrected chi connectivity index (χ2v) is 8.29. The van der Waals surface area contributed by atoms with Crippen LogP contribution in [0.1, 0.15) is 75.3 Å². The lowest BCUT2D eigenvalue weighted by atomic mass is 10.0. The van der Waals surface area contributed by atoms with E-state index in [0.29, 0.717) is 17.0 Å². The molecule has 0 aliphatic carbocycles. The SMILES string of the molecule is CC(=O)c1ccc(C(=O)N(C)C(CNC(=O)c2cn(C(C)C)cc2C)c2ccccc2)[nH]1. The van der Waals surface area contributed by atoms with E-state index in [1.807, 2.05) is 54.2 Å². The van der Waals surface area contributed by atoms with Crippen molar-refractivity contribution in [2.45, 2.75) is 39.8 Å². The first-order valence-corrected chi connectivity index (χ1v) is 10.7. The first kappa shape index (κ1) is 23.1. The van der Waals surface area contributed by atoms with Crippen molar-refractivity contribution >= 4 is 17.6 Å². The summed E-state index contributed by atoms with van der Waals surface area (Å²) >= 11 is 0. The summed E-state index contributed by atoms with van der Waals surface area (Å²) < 4.78 is 2.01. The molecule has 32 heavy (non-hydrogen) atoms. The lowest BCUT2D eigenvalue weighted by molar-refractivity contribution is 0.0712. The van der Waals surface area contributed by atoms with Gasteiger partial charge in [0.1, 0.15) is 5.69 Å². The normalized spacial score (nSPS) is 11.9. The molecule has 0 saturated carbocycles. The van der Waals surface area contributed by atoms with Crippen LogP contribution < -0.4 is 5.32 Å². The van der Waals surface area contributed by atoms with Crippen molar-refractivity contribution in [3.63, 3.8) is 0 Å². The number of benzene rings is 1.